The Balaban J connectivity index is 2.09. The first-order valence-corrected chi connectivity index (χ1v) is 7.95. The molecule has 3 N–H and O–H groups in total. The fourth-order valence-electron chi connectivity index (χ4n) is 2.37. The molecule has 0 aromatic heterocycles. The fraction of sp³-hybridized carbons (Fsp3) is 0.500. The van der Waals surface area contributed by atoms with Gasteiger partial charge in [0.2, 0.25) is 5.91 Å². The van der Waals surface area contributed by atoms with E-state index in [2.05, 4.69) is 12.2 Å². The highest BCUT2D eigenvalue weighted by atomic mass is 35.5. The van der Waals surface area contributed by atoms with E-state index in [-0.39, 0.29) is 17.9 Å². The van der Waals surface area contributed by atoms with Gasteiger partial charge in [-0.25, -0.2) is 0 Å². The van der Waals surface area contributed by atoms with E-state index in [1.54, 1.807) is 11.8 Å². The molecule has 1 amide bonds. The summed E-state index contributed by atoms with van der Waals surface area (Å²) in [7, 11) is 0. The van der Waals surface area contributed by atoms with Crippen LogP contribution in [0, 0.1) is 5.92 Å². The summed E-state index contributed by atoms with van der Waals surface area (Å²) in [6.45, 7) is 2.08. The second kappa shape index (κ2) is 6.64. The van der Waals surface area contributed by atoms with Crippen LogP contribution in [-0.2, 0) is 4.79 Å². The molecule has 2 unspecified atom stereocenters. The molecular weight excluding hydrogens is 280 g/mol. The number of nitrogens with two attached hydrogens (primary N) is 1. The van der Waals surface area contributed by atoms with Crippen LogP contribution < -0.4 is 11.1 Å². The lowest BCUT2D eigenvalue weighted by molar-refractivity contribution is -0.119. The van der Waals surface area contributed by atoms with E-state index in [9.17, 15) is 4.79 Å². The predicted octanol–water partition coefficient (Wildman–Crippen LogP) is 3.52. The zero-order chi connectivity index (χ0) is 13.8. The van der Waals surface area contributed by atoms with Crippen molar-refractivity contribution in [3.05, 3.63) is 23.2 Å². The Morgan fingerprint density at radius 2 is 2.32 bits per heavy atom. The first-order valence-electron chi connectivity index (χ1n) is 6.59. The van der Waals surface area contributed by atoms with Gasteiger partial charge < -0.3 is 11.1 Å². The lowest BCUT2D eigenvalue weighted by Gasteiger charge is -2.14. The first-order chi connectivity index (χ1) is 9.10. The number of benzene rings is 1. The second-order valence-electron chi connectivity index (χ2n) is 4.83. The number of halogens is 1. The molecule has 1 saturated carbocycles. The minimum Gasteiger partial charge on any atom is -0.328 e. The van der Waals surface area contributed by atoms with Crippen LogP contribution in [0.5, 0.6) is 0 Å². The van der Waals surface area contributed by atoms with Crippen LogP contribution in [0.3, 0.4) is 0 Å². The summed E-state index contributed by atoms with van der Waals surface area (Å²) >= 11 is 7.70. The number of thioether (sulfide) groups is 1. The molecule has 1 aliphatic rings. The molecular formula is C14H19ClN2OS. The highest BCUT2D eigenvalue weighted by Gasteiger charge is 2.28. The van der Waals surface area contributed by atoms with Crippen molar-refractivity contribution in [2.45, 2.75) is 37.1 Å². The Kier molecular flexibility index (Phi) is 5.13. The number of amides is 1. The van der Waals surface area contributed by atoms with E-state index in [1.165, 1.54) is 0 Å². The van der Waals surface area contributed by atoms with E-state index < -0.39 is 0 Å². The molecule has 0 aliphatic heterocycles. The largest absolute Gasteiger partial charge is 0.328 e. The molecule has 0 heterocycles. The van der Waals surface area contributed by atoms with Gasteiger partial charge in [0.25, 0.3) is 0 Å². The van der Waals surface area contributed by atoms with E-state index in [0.29, 0.717) is 5.02 Å². The average Bonchev–Trinajstić information content (AvgIpc) is 2.80. The molecule has 1 aliphatic carbocycles. The lowest BCUT2D eigenvalue weighted by atomic mass is 10.1. The van der Waals surface area contributed by atoms with Crippen LogP contribution in [0.25, 0.3) is 0 Å². The number of carbonyl (C=O) groups excluding carboxylic acids is 1. The molecule has 0 radical (unpaired) electrons. The maximum Gasteiger partial charge on any atom is 0.227 e. The standard InChI is InChI=1S/C14H19ClN2OS/c1-2-19-13-6-4-10(15)8-12(13)17-14(18)9-3-5-11(16)7-9/h4,6,8-9,11H,2-3,5,7,16H2,1H3,(H,17,18). The number of nitrogens with one attached hydrogen (secondary N) is 1. The number of carbonyl (C=O) groups is 1. The zero-order valence-corrected chi connectivity index (χ0v) is 12.6. The van der Waals surface area contributed by atoms with E-state index in [4.69, 9.17) is 17.3 Å². The van der Waals surface area contributed by atoms with Gasteiger partial charge in [0.05, 0.1) is 5.69 Å². The topological polar surface area (TPSA) is 55.1 Å². The van der Waals surface area contributed by atoms with Gasteiger partial charge in [-0.3, -0.25) is 4.79 Å². The van der Waals surface area contributed by atoms with Crippen LogP contribution in [0.4, 0.5) is 5.69 Å². The quantitative estimate of drug-likeness (QED) is 0.836. The predicted molar refractivity (Wildman–Crippen MR) is 81.8 cm³/mol. The van der Waals surface area contributed by atoms with Crippen LogP contribution >= 0.6 is 23.4 Å². The Bertz CT molecular complexity index is 467. The van der Waals surface area contributed by atoms with Crippen molar-refractivity contribution in [3.63, 3.8) is 0 Å². The van der Waals surface area contributed by atoms with Gasteiger partial charge in [0, 0.05) is 21.9 Å². The van der Waals surface area contributed by atoms with Crippen LogP contribution in [0.2, 0.25) is 5.02 Å². The maximum absolute atomic E-state index is 12.2. The van der Waals surface area contributed by atoms with E-state index >= 15 is 0 Å². The number of hydrogen-bond donors (Lipinski definition) is 2. The molecule has 104 valence electrons. The van der Waals surface area contributed by atoms with Gasteiger partial charge in [-0.05, 0) is 43.2 Å². The molecule has 2 rings (SSSR count). The SMILES string of the molecule is CCSc1ccc(Cl)cc1NC(=O)C1CCC(N)C1. The summed E-state index contributed by atoms with van der Waals surface area (Å²) in [5, 5.41) is 3.64. The molecule has 0 saturated heterocycles. The molecule has 19 heavy (non-hydrogen) atoms. The summed E-state index contributed by atoms with van der Waals surface area (Å²) in [5.74, 6) is 1.06. The first kappa shape index (κ1) is 14.7. The van der Waals surface area contributed by atoms with Crippen molar-refractivity contribution in [2.24, 2.45) is 11.7 Å². The smallest absolute Gasteiger partial charge is 0.227 e. The van der Waals surface area contributed by atoms with Gasteiger partial charge in [0.1, 0.15) is 0 Å². The van der Waals surface area contributed by atoms with Gasteiger partial charge in [-0.15, -0.1) is 11.8 Å². The number of anilines is 1. The summed E-state index contributed by atoms with van der Waals surface area (Å²) in [6, 6.07) is 5.78. The summed E-state index contributed by atoms with van der Waals surface area (Å²) in [5.41, 5.74) is 6.66. The average molecular weight is 299 g/mol. The summed E-state index contributed by atoms with van der Waals surface area (Å²) < 4.78 is 0. The van der Waals surface area contributed by atoms with Crippen molar-refractivity contribution in [2.75, 3.05) is 11.1 Å². The van der Waals surface area contributed by atoms with Crippen LogP contribution in [0.15, 0.2) is 23.1 Å². The minimum atomic E-state index is 0.0356. The van der Waals surface area contributed by atoms with Crippen LogP contribution in [0.1, 0.15) is 26.2 Å². The summed E-state index contributed by atoms with van der Waals surface area (Å²) in [4.78, 5) is 13.3. The molecule has 0 bridgehead atoms. The fourth-order valence-corrected chi connectivity index (χ4v) is 3.28. The Morgan fingerprint density at radius 3 is 2.95 bits per heavy atom. The van der Waals surface area contributed by atoms with Gasteiger partial charge in [0.15, 0.2) is 0 Å². The monoisotopic (exact) mass is 298 g/mol. The normalized spacial score (nSPS) is 22.5. The van der Waals surface area contributed by atoms with Crippen molar-refractivity contribution < 1.29 is 4.79 Å². The summed E-state index contributed by atoms with van der Waals surface area (Å²) in [6.07, 6.45) is 2.59. The zero-order valence-electron chi connectivity index (χ0n) is 11.0. The third-order valence-electron chi connectivity index (χ3n) is 3.34. The van der Waals surface area contributed by atoms with Crippen LogP contribution in [-0.4, -0.2) is 17.7 Å². The Hall–Kier alpha value is -0.710. The molecule has 1 fully saturated rings. The highest BCUT2D eigenvalue weighted by Crippen LogP contribution is 2.32. The minimum absolute atomic E-state index is 0.0356. The van der Waals surface area contributed by atoms with Gasteiger partial charge in [-0.2, -0.15) is 0 Å². The Labute approximate surface area is 123 Å². The molecule has 5 heteroatoms. The van der Waals surface area contributed by atoms with Gasteiger partial charge in [-0.1, -0.05) is 18.5 Å². The molecule has 1 aromatic carbocycles. The maximum atomic E-state index is 12.2. The molecule has 3 nitrogen and oxygen atoms in total. The highest BCUT2D eigenvalue weighted by molar-refractivity contribution is 7.99. The van der Waals surface area contributed by atoms with Crippen molar-refractivity contribution >= 4 is 35.0 Å². The molecule has 1 aromatic rings. The van der Waals surface area contributed by atoms with E-state index in [1.807, 2.05) is 18.2 Å². The number of hydrogen-bond acceptors (Lipinski definition) is 3. The van der Waals surface area contributed by atoms with E-state index in [0.717, 1.165) is 35.6 Å². The van der Waals surface area contributed by atoms with Crippen molar-refractivity contribution in [3.8, 4) is 0 Å². The Morgan fingerprint density at radius 1 is 1.53 bits per heavy atom. The van der Waals surface area contributed by atoms with Gasteiger partial charge >= 0.3 is 0 Å². The van der Waals surface area contributed by atoms with Crippen molar-refractivity contribution in [1.82, 2.24) is 0 Å². The third kappa shape index (κ3) is 3.88. The third-order valence-corrected chi connectivity index (χ3v) is 4.53. The molecule has 0 spiro atoms. The lowest BCUT2D eigenvalue weighted by Crippen LogP contribution is -2.23. The van der Waals surface area contributed by atoms with Crippen molar-refractivity contribution in [1.29, 1.82) is 0 Å². The molecule has 2 atom stereocenters. The number of rotatable bonds is 4. The second-order valence-corrected chi connectivity index (χ2v) is 6.58.